The van der Waals surface area contributed by atoms with Crippen LogP contribution in [0.3, 0.4) is 0 Å². The molecule has 4 nitrogen and oxygen atoms in total. The molecule has 0 aromatic carbocycles. The van der Waals surface area contributed by atoms with E-state index < -0.39 is 0 Å². The van der Waals surface area contributed by atoms with Crippen molar-refractivity contribution in [2.75, 3.05) is 26.9 Å². The second kappa shape index (κ2) is 12.8. The minimum Gasteiger partial charge on any atom is -0.465 e. The smallest absolute Gasteiger partial charge is 0.323 e. The van der Waals surface area contributed by atoms with Crippen molar-refractivity contribution in [3.63, 3.8) is 0 Å². The Morgan fingerprint density at radius 2 is 1.83 bits per heavy atom. The molecule has 0 saturated heterocycles. The lowest BCUT2D eigenvalue weighted by Crippen LogP contribution is -2.36. The average Bonchev–Trinajstić information content (AvgIpc) is 2.37. The fourth-order valence-corrected chi connectivity index (χ4v) is 1.73. The Morgan fingerprint density at radius 1 is 1.11 bits per heavy atom. The van der Waals surface area contributed by atoms with E-state index in [9.17, 15) is 4.79 Å². The van der Waals surface area contributed by atoms with Gasteiger partial charge in [-0.25, -0.2) is 0 Å². The molecule has 0 radical (unpaired) electrons. The molecule has 0 rings (SSSR count). The third-order valence-corrected chi connectivity index (χ3v) is 2.86. The standard InChI is InChI=1S/C14H29NO3/c1-4-6-7-8-9-11-17-12-10-13(15-3)14(16)18-5-2/h13,15H,4-12H2,1-3H3. The van der Waals surface area contributed by atoms with Crippen LogP contribution in [0, 0.1) is 0 Å². The van der Waals surface area contributed by atoms with E-state index in [1.54, 1.807) is 7.05 Å². The highest BCUT2D eigenvalue weighted by Gasteiger charge is 2.16. The fourth-order valence-electron chi connectivity index (χ4n) is 1.73. The number of hydrogen-bond donors (Lipinski definition) is 1. The summed E-state index contributed by atoms with van der Waals surface area (Å²) in [6, 6.07) is -0.245. The normalized spacial score (nSPS) is 12.4. The zero-order valence-corrected chi connectivity index (χ0v) is 12.2. The topological polar surface area (TPSA) is 47.6 Å². The van der Waals surface area contributed by atoms with Crippen molar-refractivity contribution in [3.05, 3.63) is 0 Å². The van der Waals surface area contributed by atoms with E-state index in [1.807, 2.05) is 6.92 Å². The number of hydrogen-bond acceptors (Lipinski definition) is 4. The van der Waals surface area contributed by atoms with E-state index in [-0.39, 0.29) is 12.0 Å². The Bertz CT molecular complexity index is 197. The number of nitrogens with one attached hydrogen (secondary N) is 1. The molecule has 0 amide bonds. The van der Waals surface area contributed by atoms with E-state index in [4.69, 9.17) is 9.47 Å². The van der Waals surface area contributed by atoms with Crippen LogP contribution in [-0.4, -0.2) is 38.9 Å². The molecule has 0 spiro atoms. The van der Waals surface area contributed by atoms with Crippen LogP contribution in [0.2, 0.25) is 0 Å². The Hall–Kier alpha value is -0.610. The van der Waals surface area contributed by atoms with Crippen LogP contribution >= 0.6 is 0 Å². The van der Waals surface area contributed by atoms with Gasteiger partial charge in [-0.15, -0.1) is 0 Å². The first-order valence-corrected chi connectivity index (χ1v) is 7.17. The summed E-state index contributed by atoms with van der Waals surface area (Å²) in [7, 11) is 1.77. The average molecular weight is 259 g/mol. The quantitative estimate of drug-likeness (QED) is 0.432. The molecule has 1 unspecified atom stereocenters. The molecule has 0 aromatic rings. The number of carbonyl (C=O) groups is 1. The molecular formula is C14H29NO3. The molecular weight excluding hydrogens is 230 g/mol. The number of likely N-dealkylation sites (N-methyl/N-ethyl adjacent to an activating group) is 1. The molecule has 4 heteroatoms. The van der Waals surface area contributed by atoms with Crippen LogP contribution in [0.15, 0.2) is 0 Å². The minimum atomic E-state index is -0.245. The van der Waals surface area contributed by atoms with Gasteiger partial charge in [0.15, 0.2) is 0 Å². The van der Waals surface area contributed by atoms with Gasteiger partial charge in [0.25, 0.3) is 0 Å². The summed E-state index contributed by atoms with van der Waals surface area (Å²) >= 11 is 0. The summed E-state index contributed by atoms with van der Waals surface area (Å²) in [5.74, 6) is -0.188. The van der Waals surface area contributed by atoms with Crippen molar-refractivity contribution in [2.45, 2.75) is 58.4 Å². The van der Waals surface area contributed by atoms with Crippen LogP contribution < -0.4 is 5.32 Å². The summed E-state index contributed by atoms with van der Waals surface area (Å²) in [4.78, 5) is 11.5. The van der Waals surface area contributed by atoms with Crippen molar-refractivity contribution in [3.8, 4) is 0 Å². The summed E-state index contributed by atoms with van der Waals surface area (Å²) in [5, 5.41) is 2.95. The van der Waals surface area contributed by atoms with Gasteiger partial charge in [0.05, 0.1) is 6.61 Å². The fraction of sp³-hybridized carbons (Fsp3) is 0.929. The van der Waals surface area contributed by atoms with Crippen LogP contribution in [0.4, 0.5) is 0 Å². The van der Waals surface area contributed by atoms with Crippen LogP contribution in [0.1, 0.15) is 52.4 Å². The van der Waals surface area contributed by atoms with Crippen molar-refractivity contribution >= 4 is 5.97 Å². The molecule has 18 heavy (non-hydrogen) atoms. The van der Waals surface area contributed by atoms with E-state index in [1.165, 1.54) is 25.7 Å². The predicted octanol–water partition coefficient (Wildman–Crippen LogP) is 2.51. The summed E-state index contributed by atoms with van der Waals surface area (Å²) in [5.41, 5.74) is 0. The van der Waals surface area contributed by atoms with E-state index in [0.717, 1.165) is 13.0 Å². The van der Waals surface area contributed by atoms with Gasteiger partial charge in [0.2, 0.25) is 0 Å². The highest BCUT2D eigenvalue weighted by molar-refractivity contribution is 5.75. The second-order valence-corrected chi connectivity index (χ2v) is 4.41. The van der Waals surface area contributed by atoms with Gasteiger partial charge in [-0.2, -0.15) is 0 Å². The zero-order valence-electron chi connectivity index (χ0n) is 12.2. The minimum absolute atomic E-state index is 0.188. The Morgan fingerprint density at radius 3 is 2.44 bits per heavy atom. The van der Waals surface area contributed by atoms with Gasteiger partial charge in [-0.05, 0) is 26.8 Å². The Kier molecular flexibility index (Phi) is 12.4. The van der Waals surface area contributed by atoms with Crippen molar-refractivity contribution < 1.29 is 14.3 Å². The number of esters is 1. The number of rotatable bonds is 12. The predicted molar refractivity (Wildman–Crippen MR) is 73.7 cm³/mol. The van der Waals surface area contributed by atoms with Crippen LogP contribution in [-0.2, 0) is 14.3 Å². The number of carbonyl (C=O) groups excluding carboxylic acids is 1. The summed E-state index contributed by atoms with van der Waals surface area (Å²) in [6.07, 6.45) is 6.89. The summed E-state index contributed by atoms with van der Waals surface area (Å²) < 4.78 is 10.5. The van der Waals surface area contributed by atoms with Gasteiger partial charge in [0.1, 0.15) is 6.04 Å². The first-order valence-electron chi connectivity index (χ1n) is 7.17. The molecule has 108 valence electrons. The molecule has 0 saturated carbocycles. The summed E-state index contributed by atoms with van der Waals surface area (Å²) in [6.45, 7) is 5.86. The third kappa shape index (κ3) is 9.42. The van der Waals surface area contributed by atoms with Gasteiger partial charge in [-0.3, -0.25) is 4.79 Å². The lowest BCUT2D eigenvalue weighted by Gasteiger charge is -2.14. The van der Waals surface area contributed by atoms with Gasteiger partial charge in [-0.1, -0.05) is 32.6 Å². The lowest BCUT2D eigenvalue weighted by atomic mass is 10.2. The Balaban J connectivity index is 3.42. The number of unbranched alkanes of at least 4 members (excludes halogenated alkanes) is 4. The third-order valence-electron chi connectivity index (χ3n) is 2.86. The van der Waals surface area contributed by atoms with E-state index in [0.29, 0.717) is 19.6 Å². The molecule has 1 atom stereocenters. The maximum absolute atomic E-state index is 11.5. The molecule has 0 heterocycles. The largest absolute Gasteiger partial charge is 0.465 e. The Labute approximate surface area is 111 Å². The monoisotopic (exact) mass is 259 g/mol. The van der Waals surface area contributed by atoms with Gasteiger partial charge >= 0.3 is 5.97 Å². The molecule has 0 aliphatic heterocycles. The molecule has 0 aromatic heterocycles. The van der Waals surface area contributed by atoms with E-state index in [2.05, 4.69) is 12.2 Å². The van der Waals surface area contributed by atoms with E-state index >= 15 is 0 Å². The van der Waals surface area contributed by atoms with Gasteiger partial charge in [0, 0.05) is 13.2 Å². The molecule has 1 N–H and O–H groups in total. The zero-order chi connectivity index (χ0) is 13.6. The lowest BCUT2D eigenvalue weighted by molar-refractivity contribution is -0.146. The van der Waals surface area contributed by atoms with Crippen LogP contribution in [0.25, 0.3) is 0 Å². The maximum Gasteiger partial charge on any atom is 0.323 e. The van der Waals surface area contributed by atoms with Gasteiger partial charge < -0.3 is 14.8 Å². The molecule has 0 aliphatic rings. The van der Waals surface area contributed by atoms with Crippen molar-refractivity contribution in [1.82, 2.24) is 5.32 Å². The first kappa shape index (κ1) is 17.4. The second-order valence-electron chi connectivity index (χ2n) is 4.41. The highest BCUT2D eigenvalue weighted by atomic mass is 16.5. The first-order chi connectivity index (χ1) is 8.76. The molecule has 0 aliphatic carbocycles. The van der Waals surface area contributed by atoms with Crippen molar-refractivity contribution in [1.29, 1.82) is 0 Å². The maximum atomic E-state index is 11.5. The van der Waals surface area contributed by atoms with Crippen molar-refractivity contribution in [2.24, 2.45) is 0 Å². The molecule has 0 bridgehead atoms. The highest BCUT2D eigenvalue weighted by Crippen LogP contribution is 2.03. The SMILES string of the molecule is CCCCCCCOCCC(NC)C(=O)OCC. The number of ether oxygens (including phenoxy) is 2. The molecule has 0 fully saturated rings. The van der Waals surface area contributed by atoms with Crippen LogP contribution in [0.5, 0.6) is 0 Å².